The molecule has 0 radical (unpaired) electrons. The lowest BCUT2D eigenvalue weighted by Gasteiger charge is -2.14. The number of halogens is 1. The molecule has 2 rings (SSSR count). The standard InChI is InChI=1S/C21H24BrNO5/c1-4-10-27-20-16(22)11-15(12-18(20)26-3)21(25)28-13-19(24)23-17-9-7-6-8-14(17)5-2/h6-9,11-12H,4-5,10,13H2,1-3H3,(H,23,24). The summed E-state index contributed by atoms with van der Waals surface area (Å²) in [6, 6.07) is 10.6. The van der Waals surface area contributed by atoms with Crippen molar-refractivity contribution in [3.8, 4) is 11.5 Å². The molecule has 0 atom stereocenters. The van der Waals surface area contributed by atoms with Gasteiger partial charge in [0, 0.05) is 5.69 Å². The molecule has 28 heavy (non-hydrogen) atoms. The van der Waals surface area contributed by atoms with Crippen LogP contribution < -0.4 is 14.8 Å². The summed E-state index contributed by atoms with van der Waals surface area (Å²) in [7, 11) is 1.49. The number of methoxy groups -OCH3 is 1. The molecule has 1 N–H and O–H groups in total. The highest BCUT2D eigenvalue weighted by Crippen LogP contribution is 2.37. The predicted molar refractivity (Wildman–Crippen MR) is 111 cm³/mol. The lowest BCUT2D eigenvalue weighted by molar-refractivity contribution is -0.119. The smallest absolute Gasteiger partial charge is 0.338 e. The van der Waals surface area contributed by atoms with Crippen LogP contribution in [-0.4, -0.2) is 32.2 Å². The lowest BCUT2D eigenvalue weighted by Crippen LogP contribution is -2.21. The molecule has 7 heteroatoms. The van der Waals surface area contributed by atoms with Crippen LogP contribution in [0.1, 0.15) is 36.2 Å². The molecular formula is C21H24BrNO5. The highest BCUT2D eigenvalue weighted by Gasteiger charge is 2.17. The second-order valence-corrected chi connectivity index (χ2v) is 6.83. The van der Waals surface area contributed by atoms with Crippen LogP contribution >= 0.6 is 15.9 Å². The van der Waals surface area contributed by atoms with E-state index in [-0.39, 0.29) is 12.2 Å². The van der Waals surface area contributed by atoms with Gasteiger partial charge in [-0.25, -0.2) is 4.79 Å². The average molecular weight is 450 g/mol. The Morgan fingerprint density at radius 3 is 2.57 bits per heavy atom. The summed E-state index contributed by atoms with van der Waals surface area (Å²) in [5.74, 6) is -0.0888. The fraction of sp³-hybridized carbons (Fsp3) is 0.333. The number of aryl methyl sites for hydroxylation is 1. The molecule has 0 unspecified atom stereocenters. The van der Waals surface area contributed by atoms with Crippen molar-refractivity contribution in [1.82, 2.24) is 0 Å². The first-order valence-electron chi connectivity index (χ1n) is 9.05. The minimum atomic E-state index is -0.625. The Morgan fingerprint density at radius 1 is 1.14 bits per heavy atom. The summed E-state index contributed by atoms with van der Waals surface area (Å²) < 4.78 is 16.7. The average Bonchev–Trinajstić information content (AvgIpc) is 2.70. The molecule has 6 nitrogen and oxygen atoms in total. The second kappa shape index (κ2) is 10.7. The number of anilines is 1. The molecule has 0 aliphatic carbocycles. The Morgan fingerprint density at radius 2 is 1.89 bits per heavy atom. The molecule has 0 aliphatic heterocycles. The zero-order chi connectivity index (χ0) is 20.5. The van der Waals surface area contributed by atoms with E-state index < -0.39 is 11.9 Å². The monoisotopic (exact) mass is 449 g/mol. The lowest BCUT2D eigenvalue weighted by atomic mass is 10.1. The number of benzene rings is 2. The van der Waals surface area contributed by atoms with Crippen LogP contribution in [0, 0.1) is 0 Å². The first-order chi connectivity index (χ1) is 13.5. The molecule has 0 heterocycles. The van der Waals surface area contributed by atoms with Crippen molar-refractivity contribution >= 4 is 33.5 Å². The number of hydrogen-bond acceptors (Lipinski definition) is 5. The topological polar surface area (TPSA) is 73.9 Å². The zero-order valence-electron chi connectivity index (χ0n) is 16.2. The molecule has 0 bridgehead atoms. The third kappa shape index (κ3) is 5.73. The number of rotatable bonds is 9. The van der Waals surface area contributed by atoms with E-state index in [0.717, 1.165) is 18.4 Å². The quantitative estimate of drug-likeness (QED) is 0.565. The number of amides is 1. The van der Waals surface area contributed by atoms with E-state index in [1.165, 1.54) is 13.2 Å². The number of hydrogen-bond donors (Lipinski definition) is 1. The third-order valence-corrected chi connectivity index (χ3v) is 4.51. The minimum Gasteiger partial charge on any atom is -0.493 e. The summed E-state index contributed by atoms with van der Waals surface area (Å²) in [6.07, 6.45) is 1.63. The molecule has 0 saturated carbocycles. The minimum absolute atomic E-state index is 0.259. The summed E-state index contributed by atoms with van der Waals surface area (Å²) >= 11 is 3.39. The van der Waals surface area contributed by atoms with Gasteiger partial charge in [-0.2, -0.15) is 0 Å². The van der Waals surface area contributed by atoms with Crippen molar-refractivity contribution in [3.05, 3.63) is 52.0 Å². The van der Waals surface area contributed by atoms with Gasteiger partial charge in [-0.3, -0.25) is 4.79 Å². The van der Waals surface area contributed by atoms with Crippen LogP contribution in [0.5, 0.6) is 11.5 Å². The van der Waals surface area contributed by atoms with Gasteiger partial charge in [-0.05, 0) is 52.5 Å². The van der Waals surface area contributed by atoms with Crippen LogP contribution in [-0.2, 0) is 16.0 Å². The molecule has 2 aromatic carbocycles. The Labute approximate surface area is 173 Å². The summed E-state index contributed by atoms with van der Waals surface area (Å²) in [6.45, 7) is 4.14. The van der Waals surface area contributed by atoms with Gasteiger partial charge in [0.1, 0.15) is 0 Å². The van der Waals surface area contributed by atoms with Gasteiger partial charge in [0.05, 0.1) is 23.8 Å². The first kappa shape index (κ1) is 21.8. The normalized spacial score (nSPS) is 10.3. The SMILES string of the molecule is CCCOc1c(Br)cc(C(=O)OCC(=O)Nc2ccccc2CC)cc1OC. The predicted octanol–water partition coefficient (Wildman–Crippen LogP) is 4.60. The van der Waals surface area contributed by atoms with Gasteiger partial charge in [0.15, 0.2) is 18.1 Å². The highest BCUT2D eigenvalue weighted by molar-refractivity contribution is 9.10. The van der Waals surface area contributed by atoms with Crippen molar-refractivity contribution in [2.45, 2.75) is 26.7 Å². The van der Waals surface area contributed by atoms with Gasteiger partial charge in [-0.1, -0.05) is 32.0 Å². The highest BCUT2D eigenvalue weighted by atomic mass is 79.9. The van der Waals surface area contributed by atoms with Gasteiger partial charge in [-0.15, -0.1) is 0 Å². The van der Waals surface area contributed by atoms with E-state index in [1.807, 2.05) is 38.1 Å². The third-order valence-electron chi connectivity index (χ3n) is 3.92. The van der Waals surface area contributed by atoms with Crippen molar-refractivity contribution < 1.29 is 23.8 Å². The van der Waals surface area contributed by atoms with Crippen LogP contribution in [0.2, 0.25) is 0 Å². The Hall–Kier alpha value is -2.54. The van der Waals surface area contributed by atoms with Crippen molar-refractivity contribution in [3.63, 3.8) is 0 Å². The molecule has 2 aromatic rings. The molecule has 0 spiro atoms. The van der Waals surface area contributed by atoms with E-state index in [2.05, 4.69) is 21.2 Å². The van der Waals surface area contributed by atoms with Gasteiger partial charge in [0.2, 0.25) is 0 Å². The number of carbonyl (C=O) groups is 2. The maximum atomic E-state index is 12.4. The largest absolute Gasteiger partial charge is 0.493 e. The summed E-state index contributed by atoms with van der Waals surface area (Å²) in [5, 5.41) is 2.76. The molecule has 0 aliphatic rings. The number of para-hydroxylation sites is 1. The van der Waals surface area contributed by atoms with Crippen molar-refractivity contribution in [2.24, 2.45) is 0 Å². The van der Waals surface area contributed by atoms with E-state index >= 15 is 0 Å². The van der Waals surface area contributed by atoms with Crippen LogP contribution in [0.3, 0.4) is 0 Å². The fourth-order valence-electron chi connectivity index (χ4n) is 2.53. The van der Waals surface area contributed by atoms with Gasteiger partial charge < -0.3 is 19.5 Å². The molecule has 0 saturated heterocycles. The number of carbonyl (C=O) groups excluding carboxylic acids is 2. The van der Waals surface area contributed by atoms with Gasteiger partial charge >= 0.3 is 5.97 Å². The van der Waals surface area contributed by atoms with E-state index in [4.69, 9.17) is 14.2 Å². The van der Waals surface area contributed by atoms with E-state index in [1.54, 1.807) is 6.07 Å². The number of ether oxygens (including phenoxy) is 3. The van der Waals surface area contributed by atoms with E-state index in [0.29, 0.717) is 28.3 Å². The molecular weight excluding hydrogens is 426 g/mol. The molecule has 0 fully saturated rings. The summed E-state index contributed by atoms with van der Waals surface area (Å²) in [4.78, 5) is 24.5. The Bertz CT molecular complexity index is 838. The van der Waals surface area contributed by atoms with E-state index in [9.17, 15) is 9.59 Å². The first-order valence-corrected chi connectivity index (χ1v) is 9.84. The van der Waals surface area contributed by atoms with Crippen LogP contribution in [0.15, 0.2) is 40.9 Å². The molecule has 0 aromatic heterocycles. The molecule has 1 amide bonds. The number of esters is 1. The van der Waals surface area contributed by atoms with Crippen LogP contribution in [0.25, 0.3) is 0 Å². The number of nitrogens with one attached hydrogen (secondary N) is 1. The van der Waals surface area contributed by atoms with Crippen molar-refractivity contribution in [1.29, 1.82) is 0 Å². The zero-order valence-corrected chi connectivity index (χ0v) is 17.8. The maximum absolute atomic E-state index is 12.4. The second-order valence-electron chi connectivity index (χ2n) is 5.97. The Balaban J connectivity index is 2.02. The van der Waals surface area contributed by atoms with Gasteiger partial charge in [0.25, 0.3) is 5.91 Å². The maximum Gasteiger partial charge on any atom is 0.338 e. The van der Waals surface area contributed by atoms with Crippen molar-refractivity contribution in [2.75, 3.05) is 25.6 Å². The fourth-order valence-corrected chi connectivity index (χ4v) is 3.09. The Kier molecular flexibility index (Phi) is 8.32. The van der Waals surface area contributed by atoms with Crippen LogP contribution in [0.4, 0.5) is 5.69 Å². The molecule has 150 valence electrons. The summed E-state index contributed by atoms with van der Waals surface area (Å²) in [5.41, 5.74) is 1.99.